The lowest BCUT2D eigenvalue weighted by molar-refractivity contribution is 0.272. The van der Waals surface area contributed by atoms with Crippen molar-refractivity contribution < 1.29 is 9.31 Å². The summed E-state index contributed by atoms with van der Waals surface area (Å²) < 4.78 is 9.28. The summed E-state index contributed by atoms with van der Waals surface area (Å²) in [5.74, 6) is 0. The Balaban J connectivity index is 2.72. The van der Waals surface area contributed by atoms with Crippen LogP contribution in [0.2, 0.25) is 0 Å². The van der Waals surface area contributed by atoms with Crippen LogP contribution in [0.1, 0.15) is 26.2 Å². The predicted molar refractivity (Wildman–Crippen MR) is 41.1 cm³/mol. The molecule has 0 saturated carbocycles. The van der Waals surface area contributed by atoms with Crippen LogP contribution in [0, 0.1) is 12.5 Å². The molecule has 0 aliphatic heterocycles. The molecule has 0 amide bonds. The van der Waals surface area contributed by atoms with Gasteiger partial charge in [0.1, 0.15) is 0 Å². The van der Waals surface area contributed by atoms with E-state index in [4.69, 9.17) is 11.1 Å². The van der Waals surface area contributed by atoms with Crippen LogP contribution in [-0.2, 0) is 9.31 Å². The van der Waals surface area contributed by atoms with Crippen LogP contribution >= 0.6 is 0 Å². The summed E-state index contributed by atoms with van der Waals surface area (Å²) in [6, 6.07) is 0. The maximum atomic E-state index is 4.89. The highest BCUT2D eigenvalue weighted by molar-refractivity contribution is 6.18. The molecule has 0 spiro atoms. The van der Waals surface area contributed by atoms with Gasteiger partial charge in [-0.25, -0.2) is 0 Å². The molecule has 0 heterocycles. The van der Waals surface area contributed by atoms with Gasteiger partial charge in [0.05, 0.1) is 6.11 Å². The Labute approximate surface area is 63.2 Å². The van der Waals surface area contributed by atoms with Gasteiger partial charge in [-0.1, -0.05) is 26.2 Å². The van der Waals surface area contributed by atoms with E-state index in [-0.39, 0.29) is 0 Å². The van der Waals surface area contributed by atoms with Gasteiger partial charge in [-0.05, 0) is 6.42 Å². The Morgan fingerprint density at radius 1 is 1.50 bits per heavy atom. The fourth-order valence-electron chi connectivity index (χ4n) is 0.545. The highest BCUT2D eigenvalue weighted by Crippen LogP contribution is 1.92. The zero-order chi connectivity index (χ0) is 7.66. The average molecular weight is 139 g/mol. The van der Waals surface area contributed by atoms with E-state index >= 15 is 0 Å². The average Bonchev–Trinajstić information content (AvgIpc) is 1.97. The first kappa shape index (κ1) is 9.38. The fourth-order valence-corrected chi connectivity index (χ4v) is 0.545. The van der Waals surface area contributed by atoms with Crippen LogP contribution in [0.15, 0.2) is 0 Å². The highest BCUT2D eigenvalue weighted by Gasteiger charge is 1.91. The number of hydrogen-bond acceptors (Lipinski definition) is 2. The maximum absolute atomic E-state index is 4.89. The molecule has 0 aliphatic rings. The monoisotopic (exact) mass is 139 g/mol. The lowest BCUT2D eigenvalue weighted by Gasteiger charge is -1.97. The Bertz CT molecular complexity index is 98.3. The summed E-state index contributed by atoms with van der Waals surface area (Å²) in [4.78, 5) is 0. The zero-order valence-corrected chi connectivity index (χ0v) is 6.30. The van der Waals surface area contributed by atoms with E-state index in [2.05, 4.69) is 11.6 Å². The predicted octanol–water partition coefficient (Wildman–Crippen LogP) is 1.33. The van der Waals surface area contributed by atoms with Crippen molar-refractivity contribution >= 4 is 7.69 Å². The molecule has 0 bridgehead atoms. The largest absolute Gasteiger partial charge is 0.581 e. The smallest absolute Gasteiger partial charge is 0.488 e. The van der Waals surface area contributed by atoms with Crippen molar-refractivity contribution in [2.75, 3.05) is 6.61 Å². The standard InChI is InChI=1S/C7H12BO2/c1-3-5-6-7-10-8-9-4-2/h2H,3,5-7H2,1H3. The second-order valence-electron chi connectivity index (χ2n) is 1.91. The Morgan fingerprint density at radius 2 is 2.30 bits per heavy atom. The molecule has 0 aromatic rings. The van der Waals surface area contributed by atoms with Gasteiger partial charge in [-0.15, -0.1) is 0 Å². The van der Waals surface area contributed by atoms with Gasteiger partial charge in [0.15, 0.2) is 0 Å². The summed E-state index contributed by atoms with van der Waals surface area (Å²) in [6.07, 6.45) is 10.2. The summed E-state index contributed by atoms with van der Waals surface area (Å²) >= 11 is 0. The normalized spacial score (nSPS) is 8.40. The molecular formula is C7H12BO2. The quantitative estimate of drug-likeness (QED) is 0.314. The van der Waals surface area contributed by atoms with Crippen LogP contribution in [0.4, 0.5) is 0 Å². The molecule has 0 N–H and O–H groups in total. The minimum absolute atomic E-state index is 0.690. The Kier molecular flexibility index (Phi) is 7.87. The lowest BCUT2D eigenvalue weighted by Crippen LogP contribution is -2.01. The van der Waals surface area contributed by atoms with E-state index in [1.54, 1.807) is 0 Å². The molecule has 0 aromatic heterocycles. The minimum Gasteiger partial charge on any atom is -0.488 e. The molecule has 2 nitrogen and oxygen atoms in total. The number of hydrogen-bond donors (Lipinski definition) is 0. The topological polar surface area (TPSA) is 18.5 Å². The third-order valence-electron chi connectivity index (χ3n) is 1.05. The van der Waals surface area contributed by atoms with E-state index in [9.17, 15) is 0 Å². The number of unbranched alkanes of at least 4 members (excludes halogenated alkanes) is 2. The van der Waals surface area contributed by atoms with Crippen LogP contribution in [0.25, 0.3) is 0 Å². The number of terminal acetylenes is 1. The Morgan fingerprint density at radius 3 is 2.90 bits per heavy atom. The molecule has 3 heteroatoms. The first-order valence-corrected chi connectivity index (χ1v) is 3.46. The molecule has 0 fully saturated rings. The summed E-state index contributed by atoms with van der Waals surface area (Å²) in [6.45, 7) is 2.83. The van der Waals surface area contributed by atoms with Gasteiger partial charge in [0, 0.05) is 6.61 Å². The van der Waals surface area contributed by atoms with Gasteiger partial charge in [0.2, 0.25) is 0 Å². The molecular weight excluding hydrogens is 127 g/mol. The lowest BCUT2D eigenvalue weighted by atomic mass is 10.2. The van der Waals surface area contributed by atoms with E-state index in [0.717, 1.165) is 6.42 Å². The summed E-state index contributed by atoms with van der Waals surface area (Å²) in [5, 5.41) is 0. The molecule has 0 rings (SSSR count). The van der Waals surface area contributed by atoms with Crippen LogP contribution in [-0.4, -0.2) is 14.3 Å². The fraction of sp³-hybridized carbons (Fsp3) is 0.714. The highest BCUT2D eigenvalue weighted by atomic mass is 16.6. The summed E-state index contributed by atoms with van der Waals surface area (Å²) in [7, 11) is 1.19. The van der Waals surface area contributed by atoms with Crippen molar-refractivity contribution in [2.45, 2.75) is 26.2 Å². The molecule has 55 valence electrons. The van der Waals surface area contributed by atoms with Crippen molar-refractivity contribution in [3.8, 4) is 12.5 Å². The van der Waals surface area contributed by atoms with Gasteiger partial charge in [-0.3, -0.25) is 0 Å². The molecule has 1 radical (unpaired) electrons. The van der Waals surface area contributed by atoms with Gasteiger partial charge in [0.25, 0.3) is 0 Å². The van der Waals surface area contributed by atoms with Crippen LogP contribution in [0.3, 0.4) is 0 Å². The second-order valence-corrected chi connectivity index (χ2v) is 1.91. The molecule has 0 aromatic carbocycles. The molecule has 0 atom stereocenters. The first-order chi connectivity index (χ1) is 4.91. The van der Waals surface area contributed by atoms with Crippen molar-refractivity contribution in [2.24, 2.45) is 0 Å². The van der Waals surface area contributed by atoms with Gasteiger partial charge >= 0.3 is 7.69 Å². The molecule has 10 heavy (non-hydrogen) atoms. The van der Waals surface area contributed by atoms with Crippen molar-refractivity contribution in [1.29, 1.82) is 0 Å². The van der Waals surface area contributed by atoms with E-state index < -0.39 is 0 Å². The molecule has 0 aliphatic carbocycles. The molecule has 0 unspecified atom stereocenters. The third kappa shape index (κ3) is 7.38. The second kappa shape index (κ2) is 8.38. The Hall–Kier alpha value is -0.615. The van der Waals surface area contributed by atoms with E-state index in [0.29, 0.717) is 6.61 Å². The van der Waals surface area contributed by atoms with Crippen molar-refractivity contribution in [1.82, 2.24) is 0 Å². The maximum Gasteiger partial charge on any atom is 0.581 e. The van der Waals surface area contributed by atoms with Crippen molar-refractivity contribution in [3.05, 3.63) is 0 Å². The summed E-state index contributed by atoms with van der Waals surface area (Å²) in [5.41, 5.74) is 0. The first-order valence-electron chi connectivity index (χ1n) is 3.46. The minimum atomic E-state index is 0.690. The van der Waals surface area contributed by atoms with Gasteiger partial charge < -0.3 is 9.31 Å². The SMILES string of the molecule is C#CO[B]OCCCCC. The van der Waals surface area contributed by atoms with Gasteiger partial charge in [-0.2, -0.15) is 0 Å². The zero-order valence-electron chi connectivity index (χ0n) is 6.30. The molecule has 0 saturated heterocycles. The van der Waals surface area contributed by atoms with Crippen LogP contribution in [0.5, 0.6) is 0 Å². The van der Waals surface area contributed by atoms with Crippen LogP contribution < -0.4 is 0 Å². The third-order valence-corrected chi connectivity index (χ3v) is 1.05. The van der Waals surface area contributed by atoms with E-state index in [1.165, 1.54) is 20.5 Å². The number of rotatable bonds is 6. The van der Waals surface area contributed by atoms with Crippen molar-refractivity contribution in [3.63, 3.8) is 0 Å². The van der Waals surface area contributed by atoms with E-state index in [1.807, 2.05) is 6.11 Å².